The average Bonchev–Trinajstić information content (AvgIpc) is 2.16. The highest BCUT2D eigenvalue weighted by Gasteiger charge is 2.38. The largest absolute Gasteiger partial charge is 0.573 e. The summed E-state index contributed by atoms with van der Waals surface area (Å²) in [4.78, 5) is 12.3. The van der Waals surface area contributed by atoms with Crippen LogP contribution in [-0.4, -0.2) is 11.3 Å². The van der Waals surface area contributed by atoms with Crippen LogP contribution in [0, 0.1) is 11.3 Å². The number of H-pyrrole nitrogens is 1. The maximum absolute atomic E-state index is 12.3. The zero-order chi connectivity index (χ0) is 14.1. The molecule has 10 heteroatoms. The molecule has 1 rings (SSSR count). The topological polar surface area (TPSA) is 65.9 Å². The van der Waals surface area contributed by atoms with Crippen LogP contribution in [0.15, 0.2) is 10.9 Å². The molecule has 0 radical (unpaired) electrons. The van der Waals surface area contributed by atoms with Crippen molar-refractivity contribution >= 4 is 0 Å². The van der Waals surface area contributed by atoms with E-state index in [-0.39, 0.29) is 6.07 Å². The van der Waals surface area contributed by atoms with Gasteiger partial charge in [-0.15, -0.1) is 13.2 Å². The highest BCUT2D eigenvalue weighted by molar-refractivity contribution is 5.40. The molecule has 4 nitrogen and oxygen atoms in total. The van der Waals surface area contributed by atoms with Crippen LogP contribution in [0.5, 0.6) is 5.75 Å². The van der Waals surface area contributed by atoms with Crippen LogP contribution in [0.2, 0.25) is 0 Å². The fourth-order valence-corrected chi connectivity index (χ4v) is 1.01. The van der Waals surface area contributed by atoms with Crippen LogP contribution in [0.1, 0.15) is 11.3 Å². The van der Waals surface area contributed by atoms with E-state index in [1.54, 1.807) is 0 Å². The number of pyridine rings is 1. The van der Waals surface area contributed by atoms with Crippen molar-refractivity contribution in [3.05, 3.63) is 27.7 Å². The Morgan fingerprint density at radius 2 is 1.78 bits per heavy atom. The minimum Gasteiger partial charge on any atom is -0.403 e. The van der Waals surface area contributed by atoms with E-state index in [1.807, 2.05) is 0 Å². The van der Waals surface area contributed by atoms with Gasteiger partial charge >= 0.3 is 12.5 Å². The fourth-order valence-electron chi connectivity index (χ4n) is 1.01. The van der Waals surface area contributed by atoms with Gasteiger partial charge in [-0.05, 0) is 0 Å². The van der Waals surface area contributed by atoms with E-state index in [0.29, 0.717) is 0 Å². The number of nitriles is 1. The molecule has 1 aromatic heterocycles. The van der Waals surface area contributed by atoms with Crippen molar-refractivity contribution in [2.75, 3.05) is 0 Å². The van der Waals surface area contributed by atoms with Crippen LogP contribution in [0.25, 0.3) is 0 Å². The first-order chi connectivity index (χ1) is 8.04. The van der Waals surface area contributed by atoms with Gasteiger partial charge in [-0.25, -0.2) is 0 Å². The number of halogens is 6. The quantitative estimate of drug-likeness (QED) is 0.796. The van der Waals surface area contributed by atoms with E-state index < -0.39 is 35.1 Å². The lowest BCUT2D eigenvalue weighted by molar-refractivity contribution is -0.275. The standard InChI is InChI=1S/C8H2F6N2O2/c9-7(10,11)3-1-5(18-8(12,13)14)4(2-15)16-6(3)17/h1H,(H,16,17). The predicted molar refractivity (Wildman–Crippen MR) is 43.5 cm³/mol. The Bertz CT molecular complexity index is 551. The van der Waals surface area contributed by atoms with Crippen molar-refractivity contribution in [3.8, 4) is 11.8 Å². The molecular weight excluding hydrogens is 270 g/mol. The van der Waals surface area contributed by atoms with Crippen LogP contribution >= 0.6 is 0 Å². The minimum atomic E-state index is -5.29. The highest BCUT2D eigenvalue weighted by atomic mass is 19.4. The Morgan fingerprint density at radius 1 is 1.22 bits per heavy atom. The van der Waals surface area contributed by atoms with Gasteiger partial charge in [0.25, 0.3) is 5.56 Å². The van der Waals surface area contributed by atoms with Crippen molar-refractivity contribution in [2.24, 2.45) is 0 Å². The summed E-state index contributed by atoms with van der Waals surface area (Å²) in [7, 11) is 0. The number of alkyl halides is 6. The molecule has 0 spiro atoms. The SMILES string of the molecule is N#Cc1[nH]c(=O)c(C(F)(F)F)cc1OC(F)(F)F. The number of hydrogen-bond donors (Lipinski definition) is 1. The van der Waals surface area contributed by atoms with Crippen molar-refractivity contribution in [2.45, 2.75) is 12.5 Å². The summed E-state index contributed by atoms with van der Waals surface area (Å²) < 4.78 is 75.6. The predicted octanol–water partition coefficient (Wildman–Crippen LogP) is 2.16. The normalized spacial score (nSPS) is 12.1. The molecule has 1 aromatic rings. The lowest BCUT2D eigenvalue weighted by Gasteiger charge is -2.12. The number of ether oxygens (including phenoxy) is 1. The molecule has 0 bridgehead atoms. The van der Waals surface area contributed by atoms with Gasteiger partial charge in [0.15, 0.2) is 11.4 Å². The summed E-state index contributed by atoms with van der Waals surface area (Å²) in [6.07, 6.45) is -10.4. The molecule has 0 aliphatic rings. The molecule has 0 unspecified atom stereocenters. The summed E-state index contributed by atoms with van der Waals surface area (Å²) in [6, 6.07) is 0.914. The number of nitrogens with one attached hydrogen (secondary N) is 1. The number of hydrogen-bond acceptors (Lipinski definition) is 3. The zero-order valence-electron chi connectivity index (χ0n) is 8.11. The van der Waals surface area contributed by atoms with Crippen LogP contribution in [0.3, 0.4) is 0 Å². The molecule has 1 heterocycles. The summed E-state index contributed by atoms with van der Waals surface area (Å²) in [5, 5.41) is 8.38. The third-order valence-corrected chi connectivity index (χ3v) is 1.65. The first-order valence-electron chi connectivity index (χ1n) is 4.05. The monoisotopic (exact) mass is 272 g/mol. The van der Waals surface area contributed by atoms with Gasteiger partial charge in [0.05, 0.1) is 0 Å². The van der Waals surface area contributed by atoms with Crippen LogP contribution in [-0.2, 0) is 6.18 Å². The summed E-state index contributed by atoms with van der Waals surface area (Å²) in [6.45, 7) is 0. The van der Waals surface area contributed by atoms with E-state index in [4.69, 9.17) is 5.26 Å². The molecule has 0 aliphatic carbocycles. The Balaban J connectivity index is 3.42. The molecular formula is C8H2F6N2O2. The number of aromatic nitrogens is 1. The Morgan fingerprint density at radius 3 is 2.17 bits per heavy atom. The number of aromatic amines is 1. The summed E-state index contributed by atoms with van der Waals surface area (Å²) in [5.74, 6) is -1.42. The third-order valence-electron chi connectivity index (χ3n) is 1.65. The molecule has 98 valence electrons. The molecule has 18 heavy (non-hydrogen) atoms. The van der Waals surface area contributed by atoms with Gasteiger partial charge in [0, 0.05) is 6.07 Å². The van der Waals surface area contributed by atoms with Gasteiger partial charge in [0.2, 0.25) is 0 Å². The molecule has 0 fully saturated rings. The minimum absolute atomic E-state index is 0.176. The van der Waals surface area contributed by atoms with Crippen molar-refractivity contribution in [1.82, 2.24) is 4.98 Å². The first kappa shape index (κ1) is 13.9. The number of rotatable bonds is 1. The number of nitrogens with zero attached hydrogens (tertiary/aromatic N) is 1. The molecule has 0 aliphatic heterocycles. The molecule has 0 saturated heterocycles. The lowest BCUT2D eigenvalue weighted by Crippen LogP contribution is -2.25. The van der Waals surface area contributed by atoms with E-state index in [9.17, 15) is 31.1 Å². The Kier molecular flexibility index (Phi) is 3.27. The fraction of sp³-hybridized carbons (Fsp3) is 0.250. The van der Waals surface area contributed by atoms with Crippen LogP contribution in [0.4, 0.5) is 26.3 Å². The zero-order valence-corrected chi connectivity index (χ0v) is 8.11. The molecule has 0 atom stereocenters. The van der Waals surface area contributed by atoms with Crippen molar-refractivity contribution < 1.29 is 31.1 Å². The van der Waals surface area contributed by atoms with E-state index in [2.05, 4.69) is 4.74 Å². The first-order valence-corrected chi connectivity index (χ1v) is 4.05. The summed E-state index contributed by atoms with van der Waals surface area (Å²) >= 11 is 0. The molecule has 0 saturated carbocycles. The van der Waals surface area contributed by atoms with E-state index in [0.717, 1.165) is 6.07 Å². The molecule has 0 amide bonds. The Hall–Kier alpha value is -2.18. The van der Waals surface area contributed by atoms with Crippen LogP contribution < -0.4 is 10.3 Å². The lowest BCUT2D eigenvalue weighted by atomic mass is 10.2. The smallest absolute Gasteiger partial charge is 0.403 e. The van der Waals surface area contributed by atoms with E-state index in [1.165, 1.54) is 4.98 Å². The van der Waals surface area contributed by atoms with Crippen molar-refractivity contribution in [3.63, 3.8) is 0 Å². The van der Waals surface area contributed by atoms with Crippen molar-refractivity contribution in [1.29, 1.82) is 5.26 Å². The maximum atomic E-state index is 12.3. The second-order valence-corrected chi connectivity index (χ2v) is 2.91. The average molecular weight is 272 g/mol. The van der Waals surface area contributed by atoms with Gasteiger partial charge in [-0.1, -0.05) is 0 Å². The van der Waals surface area contributed by atoms with Gasteiger partial charge < -0.3 is 9.72 Å². The maximum Gasteiger partial charge on any atom is 0.573 e. The molecule has 1 N–H and O–H groups in total. The third kappa shape index (κ3) is 3.16. The summed E-state index contributed by atoms with van der Waals surface area (Å²) in [5.41, 5.74) is -4.67. The second-order valence-electron chi connectivity index (χ2n) is 2.91. The van der Waals surface area contributed by atoms with Gasteiger partial charge in [0.1, 0.15) is 11.6 Å². The van der Waals surface area contributed by atoms with Gasteiger partial charge in [-0.3, -0.25) is 4.79 Å². The second kappa shape index (κ2) is 4.25. The van der Waals surface area contributed by atoms with E-state index >= 15 is 0 Å². The highest BCUT2D eigenvalue weighted by Crippen LogP contribution is 2.31. The Labute approximate surface area is 94.4 Å². The molecule has 0 aromatic carbocycles. The van der Waals surface area contributed by atoms with Gasteiger partial charge in [-0.2, -0.15) is 18.4 Å².